The molecule has 1 heterocycles. The van der Waals surface area contributed by atoms with E-state index in [0.717, 1.165) is 25.8 Å². The minimum absolute atomic E-state index is 0.296. The summed E-state index contributed by atoms with van der Waals surface area (Å²) < 4.78 is 7.45. The van der Waals surface area contributed by atoms with Crippen LogP contribution in [0.15, 0.2) is 24.5 Å². The molecule has 0 amide bonds. The molecule has 1 rings (SSSR count). The minimum atomic E-state index is -0.503. The Morgan fingerprint density at radius 3 is 2.43 bits per heavy atom. The maximum Gasteiger partial charge on any atom is 0.323 e. The van der Waals surface area contributed by atoms with E-state index < -0.39 is 11.6 Å². The minimum Gasteiger partial charge on any atom is -0.459 e. The van der Waals surface area contributed by atoms with E-state index in [1.54, 1.807) is 0 Å². The summed E-state index contributed by atoms with van der Waals surface area (Å²) in [5.74, 6) is -0.296. The molecule has 0 spiro atoms. The summed E-state index contributed by atoms with van der Waals surface area (Å²) in [6.45, 7) is 8.66. The number of rotatable bonds is 7. The number of esters is 1. The Balaban J connectivity index is 2.16. The lowest BCUT2D eigenvalue weighted by Crippen LogP contribution is -2.37. The highest BCUT2D eigenvalue weighted by Gasteiger charge is 2.21. The van der Waals surface area contributed by atoms with E-state index in [-0.39, 0.29) is 5.97 Å². The molecule has 0 aliphatic heterocycles. The van der Waals surface area contributed by atoms with Crippen LogP contribution in [0.1, 0.15) is 52.0 Å². The molecule has 21 heavy (non-hydrogen) atoms. The van der Waals surface area contributed by atoms with Gasteiger partial charge in [-0.05, 0) is 46.1 Å². The first-order valence-corrected chi connectivity index (χ1v) is 7.72. The van der Waals surface area contributed by atoms with Crippen LogP contribution < -0.4 is 10.3 Å². The van der Waals surface area contributed by atoms with Crippen molar-refractivity contribution < 1.29 is 14.1 Å². The van der Waals surface area contributed by atoms with Gasteiger partial charge in [0.2, 0.25) is 0 Å². The van der Waals surface area contributed by atoms with Crippen LogP contribution >= 0.6 is 0 Å². The topological polar surface area (TPSA) is 56.2 Å². The van der Waals surface area contributed by atoms with E-state index in [2.05, 4.69) is 36.0 Å². The number of unbranched alkanes of at least 4 members (excludes halogenated alkanes) is 2. The third kappa shape index (κ3) is 7.81. The van der Waals surface area contributed by atoms with Gasteiger partial charge in [-0.1, -0.05) is 6.42 Å². The van der Waals surface area contributed by atoms with Crippen LogP contribution in [0.5, 0.6) is 0 Å². The number of aryl methyl sites for hydroxylation is 2. The highest BCUT2D eigenvalue weighted by molar-refractivity contribution is 5.75. The number of hydrogen-bond donors (Lipinski definition) is 1. The fraction of sp³-hybridized carbons (Fsp3) is 0.647. The van der Waals surface area contributed by atoms with Crippen molar-refractivity contribution in [1.29, 1.82) is 0 Å². The summed E-state index contributed by atoms with van der Waals surface area (Å²) in [5, 5.41) is 0. The lowest BCUT2D eigenvalue weighted by Gasteiger charge is -2.22. The number of ether oxygens (including phenoxy) is 1. The number of nitrogens with zero attached hydrogens (tertiary/aromatic N) is 1. The first-order valence-electron chi connectivity index (χ1n) is 7.72. The van der Waals surface area contributed by atoms with Gasteiger partial charge in [-0.2, -0.15) is 0 Å². The summed E-state index contributed by atoms with van der Waals surface area (Å²) >= 11 is 0. The van der Waals surface area contributed by atoms with Gasteiger partial charge in [-0.3, -0.25) is 4.79 Å². The van der Waals surface area contributed by atoms with Crippen molar-refractivity contribution in [3.05, 3.63) is 30.1 Å². The second-order valence-electron chi connectivity index (χ2n) is 6.60. The quantitative estimate of drug-likeness (QED) is 0.477. The fourth-order valence-corrected chi connectivity index (χ4v) is 2.01. The van der Waals surface area contributed by atoms with E-state index in [4.69, 9.17) is 10.5 Å². The lowest BCUT2D eigenvalue weighted by atomic mass is 10.1. The summed E-state index contributed by atoms with van der Waals surface area (Å²) in [4.78, 5) is 11.7. The fourth-order valence-electron chi connectivity index (χ4n) is 2.01. The molecule has 0 bridgehead atoms. The summed E-state index contributed by atoms with van der Waals surface area (Å²) in [5.41, 5.74) is 6.67. The van der Waals surface area contributed by atoms with Gasteiger partial charge < -0.3 is 10.5 Å². The summed E-state index contributed by atoms with van der Waals surface area (Å²) in [6, 6.07) is 3.72. The van der Waals surface area contributed by atoms with Gasteiger partial charge in [0.25, 0.3) is 0 Å². The van der Waals surface area contributed by atoms with Crippen molar-refractivity contribution in [3.8, 4) is 0 Å². The molecule has 0 saturated heterocycles. The first-order chi connectivity index (χ1) is 9.78. The molecular weight excluding hydrogens is 264 g/mol. The molecule has 4 nitrogen and oxygen atoms in total. The van der Waals surface area contributed by atoms with Crippen molar-refractivity contribution in [3.63, 3.8) is 0 Å². The summed E-state index contributed by atoms with van der Waals surface area (Å²) in [7, 11) is 0. The zero-order valence-electron chi connectivity index (χ0n) is 13.8. The molecule has 0 aliphatic rings. The average Bonchev–Trinajstić information content (AvgIpc) is 2.38. The maximum atomic E-state index is 11.7. The lowest BCUT2D eigenvalue weighted by molar-refractivity contribution is -0.697. The Labute approximate surface area is 128 Å². The molecule has 0 radical (unpaired) electrons. The Hall–Kier alpha value is -1.42. The molecule has 1 aromatic rings. The zero-order chi connectivity index (χ0) is 15.9. The molecular formula is C17H29N2O2+. The molecule has 0 aromatic carbocycles. The number of hydrogen-bond acceptors (Lipinski definition) is 3. The predicted octanol–water partition coefficient (Wildman–Crippen LogP) is 2.51. The SMILES string of the molecule is Cc1cc[n+](CCCCCC(N)C(=O)OC(C)(C)C)cc1. The van der Waals surface area contributed by atoms with Crippen LogP contribution in [0, 0.1) is 6.92 Å². The van der Waals surface area contributed by atoms with Gasteiger partial charge in [0.1, 0.15) is 18.2 Å². The van der Waals surface area contributed by atoms with E-state index in [1.165, 1.54) is 5.56 Å². The third-order valence-corrected chi connectivity index (χ3v) is 3.20. The molecule has 2 N–H and O–H groups in total. The van der Waals surface area contributed by atoms with Crippen LogP contribution in [-0.4, -0.2) is 17.6 Å². The van der Waals surface area contributed by atoms with Crippen molar-refractivity contribution in [1.82, 2.24) is 0 Å². The zero-order valence-corrected chi connectivity index (χ0v) is 13.8. The standard InChI is InChI=1S/C17H29N2O2/c1-14-9-12-19(13-10-14)11-7-5-6-8-15(18)16(20)21-17(2,3)4/h9-10,12-13,15H,5-8,11,18H2,1-4H3/q+1. The number of nitrogens with two attached hydrogens (primary N) is 1. The maximum absolute atomic E-state index is 11.7. The average molecular weight is 293 g/mol. The van der Waals surface area contributed by atoms with Gasteiger partial charge in [-0.25, -0.2) is 4.57 Å². The van der Waals surface area contributed by atoms with Gasteiger partial charge >= 0.3 is 5.97 Å². The van der Waals surface area contributed by atoms with E-state index >= 15 is 0 Å². The van der Waals surface area contributed by atoms with Crippen LogP contribution in [0.4, 0.5) is 0 Å². The smallest absolute Gasteiger partial charge is 0.323 e. The van der Waals surface area contributed by atoms with Crippen LogP contribution in [0.2, 0.25) is 0 Å². The number of carbonyl (C=O) groups excluding carboxylic acids is 1. The van der Waals surface area contributed by atoms with Gasteiger partial charge in [0.15, 0.2) is 12.4 Å². The van der Waals surface area contributed by atoms with Crippen LogP contribution in [0.25, 0.3) is 0 Å². The Morgan fingerprint density at radius 2 is 1.86 bits per heavy atom. The Morgan fingerprint density at radius 1 is 1.24 bits per heavy atom. The summed E-state index contributed by atoms with van der Waals surface area (Å²) in [6.07, 6.45) is 8.00. The molecule has 0 fully saturated rings. The second-order valence-corrected chi connectivity index (χ2v) is 6.60. The first kappa shape index (κ1) is 17.6. The van der Waals surface area contributed by atoms with Crippen LogP contribution in [-0.2, 0) is 16.1 Å². The van der Waals surface area contributed by atoms with E-state index in [9.17, 15) is 4.79 Å². The Bertz CT molecular complexity index is 435. The van der Waals surface area contributed by atoms with Gasteiger partial charge in [-0.15, -0.1) is 0 Å². The van der Waals surface area contributed by atoms with Crippen LogP contribution in [0.3, 0.4) is 0 Å². The van der Waals surface area contributed by atoms with Crippen molar-refractivity contribution in [2.45, 2.75) is 71.6 Å². The van der Waals surface area contributed by atoms with Gasteiger partial charge in [0.05, 0.1) is 0 Å². The van der Waals surface area contributed by atoms with E-state index in [0.29, 0.717) is 6.42 Å². The normalized spacial score (nSPS) is 13.0. The Kier molecular flexibility index (Phi) is 6.82. The largest absolute Gasteiger partial charge is 0.459 e. The number of carbonyl (C=O) groups is 1. The molecule has 0 aliphatic carbocycles. The molecule has 1 unspecified atom stereocenters. The van der Waals surface area contributed by atoms with Crippen molar-refractivity contribution in [2.75, 3.05) is 0 Å². The highest BCUT2D eigenvalue weighted by atomic mass is 16.6. The monoisotopic (exact) mass is 293 g/mol. The second kappa shape index (κ2) is 8.13. The van der Waals surface area contributed by atoms with Crippen molar-refractivity contribution >= 4 is 5.97 Å². The molecule has 1 atom stereocenters. The highest BCUT2D eigenvalue weighted by Crippen LogP contribution is 2.10. The van der Waals surface area contributed by atoms with Crippen molar-refractivity contribution in [2.24, 2.45) is 5.73 Å². The molecule has 4 heteroatoms. The van der Waals surface area contributed by atoms with E-state index in [1.807, 2.05) is 20.8 Å². The predicted molar refractivity (Wildman–Crippen MR) is 83.7 cm³/mol. The number of pyridine rings is 1. The molecule has 0 saturated carbocycles. The number of aromatic nitrogens is 1. The molecule has 1 aromatic heterocycles. The van der Waals surface area contributed by atoms with Gasteiger partial charge in [0, 0.05) is 18.6 Å². The molecule has 118 valence electrons. The third-order valence-electron chi connectivity index (χ3n) is 3.20.